The van der Waals surface area contributed by atoms with Gasteiger partial charge >= 0.3 is 0 Å². The van der Waals surface area contributed by atoms with Crippen LogP contribution in [0.2, 0.25) is 0 Å². The second-order valence-corrected chi connectivity index (χ2v) is 8.63. The van der Waals surface area contributed by atoms with Crippen molar-refractivity contribution in [3.63, 3.8) is 0 Å². The van der Waals surface area contributed by atoms with Gasteiger partial charge in [-0.3, -0.25) is 0 Å². The molecule has 0 radical (unpaired) electrons. The molecule has 3 N–H and O–H groups in total. The Kier molecular flexibility index (Phi) is 6.82. The van der Waals surface area contributed by atoms with Gasteiger partial charge < -0.3 is 20.4 Å². The third-order valence-electron chi connectivity index (χ3n) is 7.00. The first-order chi connectivity index (χ1) is 16.5. The second kappa shape index (κ2) is 9.80. The van der Waals surface area contributed by atoms with Crippen LogP contribution in [0, 0.1) is 6.92 Å². The Labute approximate surface area is 202 Å². The van der Waals surface area contributed by atoms with Crippen LogP contribution >= 0.6 is 0 Å². The van der Waals surface area contributed by atoms with Crippen molar-refractivity contribution in [1.29, 1.82) is 0 Å². The maximum absolute atomic E-state index is 6.59. The van der Waals surface area contributed by atoms with Crippen LogP contribution in [0.4, 0.5) is 17.1 Å². The molecular weight excluding hydrogens is 420 g/mol. The van der Waals surface area contributed by atoms with E-state index in [1.54, 1.807) is 0 Å². The largest absolute Gasteiger partial charge is 0.456 e. The van der Waals surface area contributed by atoms with Gasteiger partial charge in [0.1, 0.15) is 24.4 Å². The predicted octanol–water partition coefficient (Wildman–Crippen LogP) is 5.80. The summed E-state index contributed by atoms with van der Waals surface area (Å²) in [6.45, 7) is 14.6. The molecule has 0 spiro atoms. The number of nitrogens with one attached hydrogen (secondary N) is 1. The molecule has 2 aromatic carbocycles. The molecule has 2 aromatic rings. The molecule has 1 aliphatic heterocycles. The molecule has 0 atom stereocenters. The monoisotopic (exact) mass is 457 g/mol. The van der Waals surface area contributed by atoms with Crippen LogP contribution < -0.4 is 25.9 Å². The topological polar surface area (TPSA) is 57.4 Å². The number of nitrogen functional groups attached to an aromatic ring is 1. The van der Waals surface area contributed by atoms with E-state index >= 15 is 0 Å². The predicted molar refractivity (Wildman–Crippen MR) is 147 cm³/mol. The van der Waals surface area contributed by atoms with Crippen LogP contribution in [0.3, 0.4) is 0 Å². The summed E-state index contributed by atoms with van der Waals surface area (Å²) in [5, 5.41) is 5.47. The fourth-order valence-electron chi connectivity index (χ4n) is 4.95. The molecule has 0 bridgehead atoms. The summed E-state index contributed by atoms with van der Waals surface area (Å²) in [4.78, 5) is 2.34. The van der Waals surface area contributed by atoms with Crippen molar-refractivity contribution < 1.29 is 4.42 Å². The van der Waals surface area contributed by atoms with Gasteiger partial charge in [0.05, 0.1) is 17.4 Å². The minimum absolute atomic E-state index is 0.779. The van der Waals surface area contributed by atoms with Crippen molar-refractivity contribution in [3.05, 3.63) is 59.5 Å². The van der Waals surface area contributed by atoms with E-state index in [4.69, 9.17) is 10.2 Å². The average Bonchev–Trinajstić information content (AvgIpc) is 2.86. The summed E-state index contributed by atoms with van der Waals surface area (Å²) in [6, 6.07) is 17.4. The van der Waals surface area contributed by atoms with Gasteiger partial charge in [0, 0.05) is 54.5 Å². The smallest absolute Gasteiger partial charge is 0.203 e. The standard InChI is InChI=1S/C29H36N4O/c1-7-32(8-2)20-11-13-23-26(17-20)34-27-18-21(33(9-3)10-4)12-14-24(27)28(23)22-15-16-25(31-6)29(30)19(22)5/h11-18H,7-10,30H2,1-6H3/p+1. The zero-order chi connectivity index (χ0) is 24.4. The van der Waals surface area contributed by atoms with Crippen LogP contribution in [0.1, 0.15) is 33.3 Å². The summed E-state index contributed by atoms with van der Waals surface area (Å²) in [6.07, 6.45) is 0. The van der Waals surface area contributed by atoms with Crippen molar-refractivity contribution in [2.75, 3.05) is 49.2 Å². The van der Waals surface area contributed by atoms with Crippen LogP contribution in [-0.2, 0) is 0 Å². The van der Waals surface area contributed by atoms with E-state index in [2.05, 4.69) is 97.9 Å². The molecule has 2 aliphatic rings. The number of fused-ring (bicyclic) bond motifs is 2. The fourth-order valence-corrected chi connectivity index (χ4v) is 4.95. The van der Waals surface area contributed by atoms with Crippen molar-refractivity contribution in [1.82, 2.24) is 4.58 Å². The Morgan fingerprint density at radius 1 is 0.912 bits per heavy atom. The molecule has 178 valence electrons. The molecule has 5 nitrogen and oxygen atoms in total. The fraction of sp³-hybridized carbons (Fsp3) is 0.345. The molecule has 0 saturated heterocycles. The van der Waals surface area contributed by atoms with Crippen LogP contribution in [0.5, 0.6) is 0 Å². The first kappa shape index (κ1) is 23.7. The lowest BCUT2D eigenvalue weighted by Gasteiger charge is -2.23. The average molecular weight is 458 g/mol. The molecule has 0 unspecified atom stereocenters. The lowest BCUT2D eigenvalue weighted by Crippen LogP contribution is -2.29. The summed E-state index contributed by atoms with van der Waals surface area (Å²) >= 11 is 0. The maximum Gasteiger partial charge on any atom is 0.203 e. The number of anilines is 3. The molecule has 0 fully saturated rings. The Balaban J connectivity index is 2.12. The Hall–Kier alpha value is -3.47. The number of rotatable bonds is 7. The molecule has 34 heavy (non-hydrogen) atoms. The van der Waals surface area contributed by atoms with Gasteiger partial charge in [-0.15, -0.1) is 0 Å². The molecule has 0 aromatic heterocycles. The molecule has 1 aliphatic carbocycles. The lowest BCUT2D eigenvalue weighted by molar-refractivity contribution is 0.604. The van der Waals surface area contributed by atoms with E-state index < -0.39 is 0 Å². The summed E-state index contributed by atoms with van der Waals surface area (Å²) in [7, 11) is 1.90. The van der Waals surface area contributed by atoms with Crippen LogP contribution in [0.15, 0.2) is 52.9 Å². The summed E-state index contributed by atoms with van der Waals surface area (Å²) in [5.74, 6) is 0.888. The molecule has 4 rings (SSSR count). The van der Waals surface area contributed by atoms with Crippen molar-refractivity contribution in [3.8, 4) is 22.5 Å². The van der Waals surface area contributed by atoms with E-state index in [0.29, 0.717) is 0 Å². The first-order valence-electron chi connectivity index (χ1n) is 12.4. The highest BCUT2D eigenvalue weighted by Gasteiger charge is 2.21. The number of benzene rings is 3. The van der Waals surface area contributed by atoms with Crippen molar-refractivity contribution in [2.45, 2.75) is 34.6 Å². The third-order valence-corrected chi connectivity index (χ3v) is 7.00. The third kappa shape index (κ3) is 4.00. The number of hydrogen-bond acceptors (Lipinski definition) is 4. The number of hydrogen-bond donors (Lipinski definition) is 2. The second-order valence-electron chi connectivity index (χ2n) is 8.63. The van der Waals surface area contributed by atoms with E-state index in [0.717, 1.165) is 71.0 Å². The van der Waals surface area contributed by atoms with Crippen molar-refractivity contribution >= 4 is 28.0 Å². The van der Waals surface area contributed by atoms with Gasteiger partial charge in [0.2, 0.25) is 5.36 Å². The van der Waals surface area contributed by atoms with E-state index in [1.165, 1.54) is 16.6 Å². The molecule has 0 amide bonds. The maximum atomic E-state index is 6.59. The van der Waals surface area contributed by atoms with Crippen LogP contribution in [-0.4, -0.2) is 33.2 Å². The highest BCUT2D eigenvalue weighted by molar-refractivity contribution is 6.04. The minimum atomic E-state index is 0.779. The quantitative estimate of drug-likeness (QED) is 0.209. The highest BCUT2D eigenvalue weighted by Crippen LogP contribution is 2.43. The normalized spacial score (nSPS) is 11.2. The zero-order valence-electron chi connectivity index (χ0n) is 21.3. The van der Waals surface area contributed by atoms with Gasteiger partial charge in [-0.1, -0.05) is 6.07 Å². The van der Waals surface area contributed by atoms with Gasteiger partial charge in [-0.2, -0.15) is 0 Å². The molecular formula is C29H37N4O+. The number of nitrogens with two attached hydrogens (primary N) is 1. The van der Waals surface area contributed by atoms with Gasteiger partial charge in [-0.05, 0) is 70.0 Å². The minimum Gasteiger partial charge on any atom is -0.456 e. The molecule has 0 saturated carbocycles. The first-order valence-corrected chi connectivity index (χ1v) is 12.4. The van der Waals surface area contributed by atoms with Gasteiger partial charge in [0.25, 0.3) is 0 Å². The van der Waals surface area contributed by atoms with E-state index in [-0.39, 0.29) is 0 Å². The van der Waals surface area contributed by atoms with Crippen LogP contribution in [0.25, 0.3) is 33.4 Å². The summed E-state index contributed by atoms with van der Waals surface area (Å²) < 4.78 is 8.93. The molecule has 5 heteroatoms. The highest BCUT2D eigenvalue weighted by atomic mass is 16.3. The van der Waals surface area contributed by atoms with Crippen molar-refractivity contribution in [2.24, 2.45) is 0 Å². The van der Waals surface area contributed by atoms with E-state index in [9.17, 15) is 0 Å². The lowest BCUT2D eigenvalue weighted by atomic mass is 9.90. The Morgan fingerprint density at radius 3 is 2.26 bits per heavy atom. The summed E-state index contributed by atoms with van der Waals surface area (Å²) in [5.41, 5.74) is 14.8. The van der Waals surface area contributed by atoms with Gasteiger partial charge in [-0.25, -0.2) is 4.58 Å². The SMILES string of the molecule is CCN(CC)c1ccc2c(-c3ccc(NC)c(N)c3C)c3ccc(=[N+](CC)CC)cc-3oc2c1. The Bertz CT molecular complexity index is 1360. The Morgan fingerprint density at radius 2 is 1.62 bits per heavy atom. The molecule has 1 heterocycles. The number of nitrogens with zero attached hydrogens (tertiary/aromatic N) is 2. The zero-order valence-corrected chi connectivity index (χ0v) is 21.3. The van der Waals surface area contributed by atoms with Gasteiger partial charge in [0.15, 0.2) is 0 Å². The van der Waals surface area contributed by atoms with E-state index in [1.807, 2.05) is 7.05 Å².